The van der Waals surface area contributed by atoms with Crippen LogP contribution >= 0.6 is 0 Å². The van der Waals surface area contributed by atoms with Crippen LogP contribution in [0.4, 0.5) is 17.1 Å². The summed E-state index contributed by atoms with van der Waals surface area (Å²) in [5.41, 5.74) is 4.00. The number of anilines is 2. The van der Waals surface area contributed by atoms with Crippen LogP contribution in [0.15, 0.2) is 97.1 Å². The molecule has 0 saturated heterocycles. The van der Waals surface area contributed by atoms with Crippen LogP contribution < -0.4 is 10.6 Å². The molecule has 0 aromatic heterocycles. The third kappa shape index (κ3) is 3.64. The van der Waals surface area contributed by atoms with E-state index in [1.807, 2.05) is 18.2 Å². The van der Waals surface area contributed by atoms with E-state index in [0.717, 1.165) is 17.7 Å². The lowest BCUT2D eigenvalue weighted by molar-refractivity contribution is -0.385. The minimum atomic E-state index is -0.536. The summed E-state index contributed by atoms with van der Waals surface area (Å²) in [7, 11) is 0. The maximum Gasteiger partial charge on any atom is 0.282 e. The van der Waals surface area contributed by atoms with Crippen LogP contribution in [0.2, 0.25) is 0 Å². The van der Waals surface area contributed by atoms with Crippen LogP contribution in [-0.4, -0.2) is 10.8 Å². The number of nitrogens with one attached hydrogen (secondary N) is 2. The summed E-state index contributed by atoms with van der Waals surface area (Å²) in [5.74, 6) is 0.172. The van der Waals surface area contributed by atoms with E-state index in [4.69, 9.17) is 0 Å². The third-order valence-corrected chi connectivity index (χ3v) is 7.11. The number of hydrogen-bond donors (Lipinski definition) is 2. The lowest BCUT2D eigenvalue weighted by Gasteiger charge is -2.38. The van der Waals surface area contributed by atoms with Gasteiger partial charge in [0.1, 0.15) is 5.56 Å². The van der Waals surface area contributed by atoms with Gasteiger partial charge in [0.25, 0.3) is 11.6 Å². The Hall–Kier alpha value is -4.45. The average Bonchev–Trinajstić information content (AvgIpc) is 3.38. The van der Waals surface area contributed by atoms with Crippen molar-refractivity contribution in [3.63, 3.8) is 0 Å². The Morgan fingerprint density at radius 1 is 0.971 bits per heavy atom. The maximum absolute atomic E-state index is 12.9. The van der Waals surface area contributed by atoms with Gasteiger partial charge in [0.2, 0.25) is 0 Å². The van der Waals surface area contributed by atoms with E-state index >= 15 is 0 Å². The highest BCUT2D eigenvalue weighted by atomic mass is 16.6. The summed E-state index contributed by atoms with van der Waals surface area (Å²) in [5, 5.41) is 20.5. The summed E-state index contributed by atoms with van der Waals surface area (Å²) in [6.45, 7) is 0. The van der Waals surface area contributed by atoms with Gasteiger partial charge >= 0.3 is 0 Å². The standard InChI is InChI=1S/C29H23N3O3/c33-29(24-11-3-4-14-26(24)32(34)35)30-20-9-5-8-19(17-20)28-23-13-6-12-22(23)27-21-10-2-1-7-18(21)15-16-25(27)31-28/h1-12,14-17,22-23,28,31H,13H2,(H,30,33). The molecule has 6 rings (SSSR count). The first-order valence-electron chi connectivity index (χ1n) is 11.7. The van der Waals surface area contributed by atoms with Crippen LogP contribution in [0.1, 0.15) is 39.9 Å². The van der Waals surface area contributed by atoms with Crippen LogP contribution in [-0.2, 0) is 0 Å². The van der Waals surface area contributed by atoms with Gasteiger partial charge in [0.05, 0.1) is 11.0 Å². The summed E-state index contributed by atoms with van der Waals surface area (Å²) in [6.07, 6.45) is 5.56. The first kappa shape index (κ1) is 21.1. The molecule has 2 N–H and O–H groups in total. The summed E-state index contributed by atoms with van der Waals surface area (Å²) < 4.78 is 0. The SMILES string of the molecule is O=C(Nc1cccc(C2Nc3ccc4ccccc4c3C3C=CCC32)c1)c1ccccc1[N+](=O)[O-]. The fourth-order valence-electron chi connectivity index (χ4n) is 5.54. The highest BCUT2D eigenvalue weighted by Crippen LogP contribution is 2.51. The molecule has 6 nitrogen and oxygen atoms in total. The van der Waals surface area contributed by atoms with Gasteiger partial charge < -0.3 is 10.6 Å². The van der Waals surface area contributed by atoms with Crippen LogP contribution in [0.25, 0.3) is 10.8 Å². The average molecular weight is 462 g/mol. The molecule has 0 saturated carbocycles. The van der Waals surface area contributed by atoms with Crippen molar-refractivity contribution in [1.82, 2.24) is 0 Å². The molecule has 6 heteroatoms. The molecule has 4 aromatic carbocycles. The van der Waals surface area contributed by atoms with Gasteiger partial charge in [-0.3, -0.25) is 14.9 Å². The highest BCUT2D eigenvalue weighted by Gasteiger charge is 2.38. The number of rotatable bonds is 4. The molecule has 1 amide bonds. The maximum atomic E-state index is 12.9. The van der Waals surface area contributed by atoms with Crippen LogP contribution in [0.3, 0.4) is 0 Å². The molecule has 0 radical (unpaired) electrons. The number of para-hydroxylation sites is 1. The third-order valence-electron chi connectivity index (χ3n) is 7.11. The lowest BCUT2D eigenvalue weighted by Crippen LogP contribution is -2.29. The number of carbonyl (C=O) groups excluding carboxylic acids is 1. The second-order valence-corrected chi connectivity index (χ2v) is 9.08. The van der Waals surface area contributed by atoms with Crippen LogP contribution in [0, 0.1) is 16.0 Å². The van der Waals surface area contributed by atoms with Crippen molar-refractivity contribution in [2.45, 2.75) is 18.4 Å². The minimum absolute atomic E-state index is 0.0413. The monoisotopic (exact) mass is 461 g/mol. The van der Waals surface area contributed by atoms with Crippen molar-refractivity contribution < 1.29 is 9.72 Å². The number of fused-ring (bicyclic) bond motifs is 5. The first-order chi connectivity index (χ1) is 17.1. The van der Waals surface area contributed by atoms with Crippen molar-refractivity contribution in [2.24, 2.45) is 5.92 Å². The van der Waals surface area contributed by atoms with E-state index in [1.54, 1.807) is 12.1 Å². The molecule has 3 unspecified atom stereocenters. The zero-order chi connectivity index (χ0) is 23.9. The van der Waals surface area contributed by atoms with Crippen molar-refractivity contribution >= 4 is 33.7 Å². The predicted molar refractivity (Wildman–Crippen MR) is 138 cm³/mol. The molecule has 4 aromatic rings. The Morgan fingerprint density at radius 2 is 1.80 bits per heavy atom. The van der Waals surface area contributed by atoms with E-state index < -0.39 is 10.8 Å². The number of allylic oxidation sites excluding steroid dienone is 2. The van der Waals surface area contributed by atoms with Gasteiger partial charge in [0.15, 0.2) is 0 Å². The number of hydrogen-bond acceptors (Lipinski definition) is 4. The van der Waals surface area contributed by atoms with E-state index in [9.17, 15) is 14.9 Å². The van der Waals surface area contributed by atoms with Gasteiger partial charge in [-0.1, -0.05) is 66.7 Å². The smallest absolute Gasteiger partial charge is 0.282 e. The summed E-state index contributed by atoms with van der Waals surface area (Å²) in [6, 6.07) is 26.6. The number of carbonyl (C=O) groups is 1. The number of nitrogens with zero attached hydrogens (tertiary/aromatic N) is 1. The molecule has 35 heavy (non-hydrogen) atoms. The van der Waals surface area contributed by atoms with Crippen molar-refractivity contribution in [3.8, 4) is 0 Å². The Labute approximate surface area is 202 Å². The Kier molecular flexibility index (Phi) is 5.07. The Morgan fingerprint density at radius 3 is 2.69 bits per heavy atom. The fraction of sp³-hybridized carbons (Fsp3) is 0.138. The molecule has 2 aliphatic rings. The van der Waals surface area contributed by atoms with Gasteiger partial charge in [-0.05, 0) is 58.5 Å². The van der Waals surface area contributed by atoms with Gasteiger partial charge in [-0.25, -0.2) is 0 Å². The second kappa shape index (κ2) is 8.40. The molecule has 0 spiro atoms. The lowest BCUT2D eigenvalue weighted by atomic mass is 9.75. The van der Waals surface area contributed by atoms with Gasteiger partial charge in [0, 0.05) is 23.4 Å². The van der Waals surface area contributed by atoms with Gasteiger partial charge in [-0.2, -0.15) is 0 Å². The normalized spacial score (nSPS) is 20.1. The summed E-state index contributed by atoms with van der Waals surface area (Å²) >= 11 is 0. The minimum Gasteiger partial charge on any atom is -0.378 e. The zero-order valence-electron chi connectivity index (χ0n) is 18.8. The number of amides is 1. The molecular formula is C29H23N3O3. The molecular weight excluding hydrogens is 438 g/mol. The fourth-order valence-corrected chi connectivity index (χ4v) is 5.54. The summed E-state index contributed by atoms with van der Waals surface area (Å²) in [4.78, 5) is 23.7. The van der Waals surface area contributed by atoms with E-state index in [-0.39, 0.29) is 17.3 Å². The molecule has 172 valence electrons. The van der Waals surface area contributed by atoms with E-state index in [1.165, 1.54) is 28.5 Å². The van der Waals surface area contributed by atoms with Gasteiger partial charge in [-0.15, -0.1) is 0 Å². The molecule has 1 heterocycles. The Bertz CT molecular complexity index is 1510. The largest absolute Gasteiger partial charge is 0.378 e. The zero-order valence-corrected chi connectivity index (χ0v) is 18.8. The Balaban J connectivity index is 1.33. The number of nitro groups is 1. The van der Waals surface area contributed by atoms with E-state index in [0.29, 0.717) is 17.5 Å². The number of benzene rings is 4. The quantitative estimate of drug-likeness (QED) is 0.198. The van der Waals surface area contributed by atoms with Crippen molar-refractivity contribution in [1.29, 1.82) is 0 Å². The molecule has 0 fully saturated rings. The first-order valence-corrected chi connectivity index (χ1v) is 11.7. The second-order valence-electron chi connectivity index (χ2n) is 9.08. The van der Waals surface area contributed by atoms with Crippen molar-refractivity contribution in [3.05, 3.63) is 124 Å². The molecule has 1 aliphatic heterocycles. The molecule has 3 atom stereocenters. The number of nitro benzene ring substituents is 1. The highest BCUT2D eigenvalue weighted by molar-refractivity contribution is 6.07. The molecule has 1 aliphatic carbocycles. The predicted octanol–water partition coefficient (Wildman–Crippen LogP) is 6.83. The molecule has 0 bridgehead atoms. The van der Waals surface area contributed by atoms with E-state index in [2.05, 4.69) is 65.3 Å². The van der Waals surface area contributed by atoms with Crippen LogP contribution in [0.5, 0.6) is 0 Å². The topological polar surface area (TPSA) is 84.3 Å². The van der Waals surface area contributed by atoms with Crippen molar-refractivity contribution in [2.75, 3.05) is 10.6 Å².